The molecule has 1 saturated heterocycles. The van der Waals surface area contributed by atoms with Crippen molar-refractivity contribution >= 4 is 0 Å². The van der Waals surface area contributed by atoms with E-state index >= 15 is 0 Å². The SMILES string of the molecule is CCC(C)(NC)C1CCCO1. The van der Waals surface area contributed by atoms with Crippen molar-refractivity contribution in [3.05, 3.63) is 0 Å². The summed E-state index contributed by atoms with van der Waals surface area (Å²) in [7, 11) is 2.02. The molecule has 1 heterocycles. The number of nitrogens with one attached hydrogen (secondary N) is 1. The summed E-state index contributed by atoms with van der Waals surface area (Å²) in [6.45, 7) is 5.39. The van der Waals surface area contributed by atoms with Gasteiger partial charge in [0.05, 0.1) is 6.10 Å². The quantitative estimate of drug-likeness (QED) is 0.671. The number of likely N-dealkylation sites (N-methyl/N-ethyl adjacent to an activating group) is 1. The van der Waals surface area contributed by atoms with Crippen molar-refractivity contribution in [3.63, 3.8) is 0 Å². The molecule has 0 radical (unpaired) electrons. The lowest BCUT2D eigenvalue weighted by molar-refractivity contribution is 0.0373. The van der Waals surface area contributed by atoms with Gasteiger partial charge in [0, 0.05) is 12.1 Å². The van der Waals surface area contributed by atoms with Gasteiger partial charge in [0.25, 0.3) is 0 Å². The lowest BCUT2D eigenvalue weighted by Crippen LogP contribution is -2.49. The Morgan fingerprint density at radius 2 is 2.36 bits per heavy atom. The molecule has 0 spiro atoms. The number of hydrogen-bond donors (Lipinski definition) is 1. The summed E-state index contributed by atoms with van der Waals surface area (Å²) in [6.07, 6.45) is 4.00. The van der Waals surface area contributed by atoms with E-state index in [2.05, 4.69) is 19.2 Å². The molecule has 0 amide bonds. The Morgan fingerprint density at radius 3 is 2.73 bits per heavy atom. The molecule has 2 nitrogen and oxygen atoms in total. The van der Waals surface area contributed by atoms with Gasteiger partial charge in [-0.2, -0.15) is 0 Å². The monoisotopic (exact) mass is 157 g/mol. The van der Waals surface area contributed by atoms with Crippen molar-refractivity contribution in [2.24, 2.45) is 0 Å². The first-order chi connectivity index (χ1) is 5.23. The maximum Gasteiger partial charge on any atom is 0.0754 e. The van der Waals surface area contributed by atoms with Crippen LogP contribution in [0.25, 0.3) is 0 Å². The molecule has 2 atom stereocenters. The molecule has 0 aromatic heterocycles. The van der Waals surface area contributed by atoms with E-state index in [4.69, 9.17) is 4.74 Å². The molecule has 66 valence electrons. The van der Waals surface area contributed by atoms with E-state index in [1.54, 1.807) is 0 Å². The smallest absolute Gasteiger partial charge is 0.0754 e. The van der Waals surface area contributed by atoms with Crippen LogP contribution in [0, 0.1) is 0 Å². The number of rotatable bonds is 3. The van der Waals surface area contributed by atoms with Crippen molar-refractivity contribution < 1.29 is 4.74 Å². The predicted molar refractivity (Wildman–Crippen MR) is 46.7 cm³/mol. The highest BCUT2D eigenvalue weighted by molar-refractivity contribution is 4.91. The van der Waals surface area contributed by atoms with Crippen LogP contribution in [-0.2, 0) is 4.74 Å². The summed E-state index contributed by atoms with van der Waals surface area (Å²) in [5.41, 5.74) is 0.191. The fourth-order valence-electron chi connectivity index (χ4n) is 1.65. The average Bonchev–Trinajstić information content (AvgIpc) is 2.55. The van der Waals surface area contributed by atoms with E-state index in [9.17, 15) is 0 Å². The second-order valence-corrected chi connectivity index (χ2v) is 3.52. The van der Waals surface area contributed by atoms with E-state index in [0.717, 1.165) is 13.0 Å². The van der Waals surface area contributed by atoms with Crippen LogP contribution in [0.1, 0.15) is 33.1 Å². The highest BCUT2D eigenvalue weighted by Crippen LogP contribution is 2.25. The lowest BCUT2D eigenvalue weighted by Gasteiger charge is -2.33. The normalized spacial score (nSPS) is 30.3. The summed E-state index contributed by atoms with van der Waals surface area (Å²) >= 11 is 0. The van der Waals surface area contributed by atoms with Crippen molar-refractivity contribution in [1.29, 1.82) is 0 Å². The van der Waals surface area contributed by atoms with E-state index < -0.39 is 0 Å². The van der Waals surface area contributed by atoms with Gasteiger partial charge in [0.15, 0.2) is 0 Å². The first kappa shape index (κ1) is 9.01. The minimum Gasteiger partial charge on any atom is -0.376 e. The van der Waals surface area contributed by atoms with Crippen LogP contribution in [0.5, 0.6) is 0 Å². The third-order valence-electron chi connectivity index (χ3n) is 2.95. The Morgan fingerprint density at radius 1 is 1.64 bits per heavy atom. The third-order valence-corrected chi connectivity index (χ3v) is 2.95. The topological polar surface area (TPSA) is 21.3 Å². The molecule has 2 heteroatoms. The van der Waals surface area contributed by atoms with E-state index in [0.29, 0.717) is 6.10 Å². The van der Waals surface area contributed by atoms with Crippen LogP contribution in [0.3, 0.4) is 0 Å². The Kier molecular flexibility index (Phi) is 2.90. The molecule has 1 aliphatic heterocycles. The summed E-state index contributed by atoms with van der Waals surface area (Å²) in [6, 6.07) is 0. The van der Waals surface area contributed by atoms with Gasteiger partial charge in [-0.1, -0.05) is 6.92 Å². The van der Waals surface area contributed by atoms with Crippen molar-refractivity contribution in [1.82, 2.24) is 5.32 Å². The van der Waals surface area contributed by atoms with Crippen LogP contribution < -0.4 is 5.32 Å². The van der Waals surface area contributed by atoms with Crippen molar-refractivity contribution in [2.45, 2.75) is 44.8 Å². The van der Waals surface area contributed by atoms with E-state index in [1.165, 1.54) is 12.8 Å². The van der Waals surface area contributed by atoms with E-state index in [-0.39, 0.29) is 5.54 Å². The van der Waals surface area contributed by atoms with Crippen LogP contribution in [0.15, 0.2) is 0 Å². The Balaban J connectivity index is 2.52. The van der Waals surface area contributed by atoms with Gasteiger partial charge in [-0.15, -0.1) is 0 Å². The second-order valence-electron chi connectivity index (χ2n) is 3.52. The largest absolute Gasteiger partial charge is 0.376 e. The Labute approximate surface area is 69.3 Å². The Hall–Kier alpha value is -0.0800. The molecule has 1 fully saturated rings. The minimum absolute atomic E-state index is 0.191. The van der Waals surface area contributed by atoms with Crippen LogP contribution in [0.4, 0.5) is 0 Å². The van der Waals surface area contributed by atoms with Gasteiger partial charge in [-0.3, -0.25) is 0 Å². The zero-order chi connectivity index (χ0) is 8.32. The van der Waals surface area contributed by atoms with E-state index in [1.807, 2.05) is 7.05 Å². The molecule has 0 aromatic rings. The third kappa shape index (κ3) is 1.74. The molecule has 1 rings (SSSR count). The molecule has 1 aliphatic rings. The highest BCUT2D eigenvalue weighted by atomic mass is 16.5. The highest BCUT2D eigenvalue weighted by Gasteiger charge is 2.33. The fourth-order valence-corrected chi connectivity index (χ4v) is 1.65. The van der Waals surface area contributed by atoms with Crippen LogP contribution >= 0.6 is 0 Å². The molecular formula is C9H19NO. The van der Waals surface area contributed by atoms with Crippen LogP contribution in [0.2, 0.25) is 0 Å². The fraction of sp³-hybridized carbons (Fsp3) is 1.00. The maximum absolute atomic E-state index is 5.64. The number of hydrogen-bond acceptors (Lipinski definition) is 2. The standard InChI is InChI=1S/C9H19NO/c1-4-9(2,10-3)8-6-5-7-11-8/h8,10H,4-7H2,1-3H3. The molecule has 1 N–H and O–H groups in total. The first-order valence-electron chi connectivity index (χ1n) is 4.53. The molecule has 0 aromatic carbocycles. The Bertz CT molecular complexity index is 115. The summed E-state index contributed by atoms with van der Waals surface area (Å²) in [5.74, 6) is 0. The van der Waals surface area contributed by atoms with Gasteiger partial charge < -0.3 is 10.1 Å². The number of ether oxygens (including phenoxy) is 1. The molecule has 2 unspecified atom stereocenters. The van der Waals surface area contributed by atoms with Gasteiger partial charge in [-0.05, 0) is 33.2 Å². The van der Waals surface area contributed by atoms with Gasteiger partial charge in [-0.25, -0.2) is 0 Å². The zero-order valence-electron chi connectivity index (χ0n) is 7.81. The summed E-state index contributed by atoms with van der Waals surface area (Å²) < 4.78 is 5.64. The van der Waals surface area contributed by atoms with Gasteiger partial charge >= 0.3 is 0 Å². The molecular weight excluding hydrogens is 138 g/mol. The molecule has 11 heavy (non-hydrogen) atoms. The van der Waals surface area contributed by atoms with Gasteiger partial charge in [0.2, 0.25) is 0 Å². The predicted octanol–water partition coefficient (Wildman–Crippen LogP) is 1.55. The summed E-state index contributed by atoms with van der Waals surface area (Å²) in [4.78, 5) is 0. The maximum atomic E-state index is 5.64. The molecule has 0 aliphatic carbocycles. The minimum atomic E-state index is 0.191. The lowest BCUT2D eigenvalue weighted by atomic mass is 9.90. The zero-order valence-corrected chi connectivity index (χ0v) is 7.81. The summed E-state index contributed by atoms with van der Waals surface area (Å²) in [5, 5.41) is 3.35. The average molecular weight is 157 g/mol. The molecule has 0 bridgehead atoms. The van der Waals surface area contributed by atoms with Crippen molar-refractivity contribution in [3.8, 4) is 0 Å². The second kappa shape index (κ2) is 3.55. The van der Waals surface area contributed by atoms with Crippen molar-refractivity contribution in [2.75, 3.05) is 13.7 Å². The first-order valence-corrected chi connectivity index (χ1v) is 4.53. The van der Waals surface area contributed by atoms with Gasteiger partial charge in [0.1, 0.15) is 0 Å². The van der Waals surface area contributed by atoms with Crippen LogP contribution in [-0.4, -0.2) is 25.3 Å². The molecule has 0 saturated carbocycles.